The average molecular weight is 342 g/mol. The minimum Gasteiger partial charge on any atom is -0.495 e. The summed E-state index contributed by atoms with van der Waals surface area (Å²) in [5.74, 6) is -1.52. The first-order chi connectivity index (χ1) is 12.0. The molecule has 0 radical (unpaired) electrons. The topological polar surface area (TPSA) is 123 Å². The summed E-state index contributed by atoms with van der Waals surface area (Å²) in [4.78, 5) is 33.7. The lowest BCUT2D eigenvalue weighted by molar-refractivity contribution is -0.384. The number of nitrogens with one attached hydrogen (secondary N) is 2. The molecule has 9 nitrogen and oxygen atoms in total. The molecule has 0 saturated heterocycles. The Kier molecular flexibility index (Phi) is 5.77. The molecule has 0 aliphatic rings. The number of amides is 2. The van der Waals surface area contributed by atoms with Crippen molar-refractivity contribution in [1.29, 1.82) is 0 Å². The van der Waals surface area contributed by atoms with Crippen LogP contribution in [0, 0.1) is 10.1 Å². The van der Waals surface area contributed by atoms with Gasteiger partial charge in [-0.2, -0.15) is 5.10 Å². The quantitative estimate of drug-likeness (QED) is 0.370. The molecular weight excluding hydrogens is 328 g/mol. The van der Waals surface area contributed by atoms with Crippen molar-refractivity contribution < 1.29 is 19.2 Å². The maximum atomic E-state index is 11.8. The van der Waals surface area contributed by atoms with E-state index in [4.69, 9.17) is 4.74 Å². The molecule has 2 amide bonds. The van der Waals surface area contributed by atoms with Crippen molar-refractivity contribution in [2.24, 2.45) is 5.10 Å². The molecule has 0 atom stereocenters. The molecule has 2 aromatic rings. The Bertz CT molecular complexity index is 835. The van der Waals surface area contributed by atoms with Gasteiger partial charge in [0.2, 0.25) is 0 Å². The third-order valence-corrected chi connectivity index (χ3v) is 3.02. The number of hydrogen-bond acceptors (Lipinski definition) is 6. The van der Waals surface area contributed by atoms with Gasteiger partial charge in [-0.3, -0.25) is 19.7 Å². The fraction of sp³-hybridized carbons (Fsp3) is 0.0625. The van der Waals surface area contributed by atoms with Gasteiger partial charge in [-0.25, -0.2) is 5.43 Å². The summed E-state index contributed by atoms with van der Waals surface area (Å²) in [6.07, 6.45) is 1.20. The molecule has 0 unspecified atom stereocenters. The zero-order valence-corrected chi connectivity index (χ0v) is 13.1. The molecular formula is C16H14N4O5. The number of non-ortho nitro benzene ring substituents is 1. The third kappa shape index (κ3) is 4.86. The van der Waals surface area contributed by atoms with E-state index in [1.54, 1.807) is 30.3 Å². The van der Waals surface area contributed by atoms with Crippen molar-refractivity contribution in [3.05, 3.63) is 64.2 Å². The first-order valence-electron chi connectivity index (χ1n) is 7.03. The molecule has 2 N–H and O–H groups in total. The number of anilines is 1. The number of benzene rings is 2. The van der Waals surface area contributed by atoms with Gasteiger partial charge in [-0.1, -0.05) is 24.3 Å². The molecule has 2 rings (SSSR count). The van der Waals surface area contributed by atoms with Crippen LogP contribution in [0.1, 0.15) is 5.56 Å². The minimum absolute atomic E-state index is 0.107. The van der Waals surface area contributed by atoms with Gasteiger partial charge >= 0.3 is 11.8 Å². The van der Waals surface area contributed by atoms with E-state index >= 15 is 0 Å². The van der Waals surface area contributed by atoms with E-state index in [0.717, 1.165) is 0 Å². The van der Waals surface area contributed by atoms with Crippen molar-refractivity contribution in [3.63, 3.8) is 0 Å². The normalized spacial score (nSPS) is 10.3. The highest BCUT2D eigenvalue weighted by Crippen LogP contribution is 2.22. The Labute approximate surface area is 142 Å². The fourth-order valence-electron chi connectivity index (χ4n) is 1.86. The van der Waals surface area contributed by atoms with Crippen LogP contribution in [-0.2, 0) is 9.59 Å². The molecule has 0 aliphatic carbocycles. The van der Waals surface area contributed by atoms with E-state index in [0.29, 0.717) is 17.0 Å². The monoisotopic (exact) mass is 342 g/mol. The van der Waals surface area contributed by atoms with Crippen molar-refractivity contribution in [2.75, 3.05) is 12.4 Å². The average Bonchev–Trinajstić information content (AvgIpc) is 2.62. The molecule has 0 fully saturated rings. The standard InChI is InChI=1S/C16H14N4O5/c1-25-14-8-3-2-7-13(14)18-15(21)16(22)19-17-10-11-5-4-6-12(9-11)20(23)24/h2-10H,1H3,(H,18,21)(H,19,22)/b17-10+. The number of ether oxygens (including phenoxy) is 1. The van der Waals surface area contributed by atoms with Gasteiger partial charge in [-0.05, 0) is 12.1 Å². The summed E-state index contributed by atoms with van der Waals surface area (Å²) in [6, 6.07) is 12.3. The first-order valence-corrected chi connectivity index (χ1v) is 7.03. The minimum atomic E-state index is -0.993. The van der Waals surface area contributed by atoms with Crippen molar-refractivity contribution in [2.45, 2.75) is 0 Å². The lowest BCUT2D eigenvalue weighted by Gasteiger charge is -2.08. The SMILES string of the molecule is COc1ccccc1NC(=O)C(=O)N/N=C/c1cccc([N+](=O)[O-])c1. The van der Waals surface area contributed by atoms with Gasteiger partial charge < -0.3 is 10.1 Å². The van der Waals surface area contributed by atoms with Crippen LogP contribution in [0.15, 0.2) is 53.6 Å². The maximum absolute atomic E-state index is 11.8. The highest BCUT2D eigenvalue weighted by Gasteiger charge is 2.14. The Morgan fingerprint density at radius 3 is 2.64 bits per heavy atom. The van der Waals surface area contributed by atoms with Crippen LogP contribution in [0.25, 0.3) is 0 Å². The number of carbonyl (C=O) groups is 2. The zero-order chi connectivity index (χ0) is 18.2. The zero-order valence-electron chi connectivity index (χ0n) is 13.1. The molecule has 2 aromatic carbocycles. The van der Waals surface area contributed by atoms with E-state index in [9.17, 15) is 19.7 Å². The second-order valence-electron chi connectivity index (χ2n) is 4.71. The summed E-state index contributed by atoms with van der Waals surface area (Å²) < 4.78 is 5.06. The van der Waals surface area contributed by atoms with Crippen LogP contribution in [0.2, 0.25) is 0 Å². The van der Waals surface area contributed by atoms with Crippen molar-refractivity contribution >= 4 is 29.4 Å². The molecule has 0 saturated carbocycles. The van der Waals surface area contributed by atoms with E-state index in [2.05, 4.69) is 10.4 Å². The summed E-state index contributed by atoms with van der Waals surface area (Å²) in [7, 11) is 1.44. The Morgan fingerprint density at radius 1 is 1.16 bits per heavy atom. The van der Waals surface area contributed by atoms with Crippen LogP contribution in [0.4, 0.5) is 11.4 Å². The Morgan fingerprint density at radius 2 is 1.92 bits per heavy atom. The number of nitro benzene ring substituents is 1. The lowest BCUT2D eigenvalue weighted by atomic mass is 10.2. The molecule has 0 aliphatic heterocycles. The van der Waals surface area contributed by atoms with Crippen LogP contribution in [0.5, 0.6) is 5.75 Å². The second kappa shape index (κ2) is 8.20. The fourth-order valence-corrected chi connectivity index (χ4v) is 1.86. The molecule has 9 heteroatoms. The first kappa shape index (κ1) is 17.6. The molecule has 0 heterocycles. The van der Waals surface area contributed by atoms with Crippen LogP contribution in [0.3, 0.4) is 0 Å². The summed E-state index contributed by atoms with van der Waals surface area (Å²) >= 11 is 0. The Hall–Kier alpha value is -3.75. The van der Waals surface area contributed by atoms with Crippen LogP contribution < -0.4 is 15.5 Å². The largest absolute Gasteiger partial charge is 0.495 e. The van der Waals surface area contributed by atoms with Gasteiger partial charge in [0.05, 0.1) is 23.9 Å². The number of methoxy groups -OCH3 is 1. The Balaban J connectivity index is 1.96. The van der Waals surface area contributed by atoms with E-state index in [1.165, 1.54) is 31.5 Å². The maximum Gasteiger partial charge on any atom is 0.329 e. The van der Waals surface area contributed by atoms with Crippen molar-refractivity contribution in [3.8, 4) is 5.75 Å². The van der Waals surface area contributed by atoms with Gasteiger partial charge in [0.25, 0.3) is 5.69 Å². The second-order valence-corrected chi connectivity index (χ2v) is 4.71. The third-order valence-electron chi connectivity index (χ3n) is 3.02. The van der Waals surface area contributed by atoms with E-state index in [1.807, 2.05) is 5.43 Å². The highest BCUT2D eigenvalue weighted by molar-refractivity contribution is 6.39. The molecule has 0 spiro atoms. The van der Waals surface area contributed by atoms with Gasteiger partial charge in [0.15, 0.2) is 0 Å². The number of hydrazone groups is 1. The van der Waals surface area contributed by atoms with Crippen molar-refractivity contribution in [1.82, 2.24) is 5.43 Å². The molecule has 0 aromatic heterocycles. The summed E-state index contributed by atoms with van der Waals surface area (Å²) in [6.45, 7) is 0. The van der Waals surface area contributed by atoms with Crippen LogP contribution in [-0.4, -0.2) is 30.1 Å². The lowest BCUT2D eigenvalue weighted by Crippen LogP contribution is -2.32. The predicted molar refractivity (Wildman–Crippen MR) is 90.5 cm³/mol. The number of hydrogen-bond donors (Lipinski definition) is 2. The highest BCUT2D eigenvalue weighted by atomic mass is 16.6. The predicted octanol–water partition coefficient (Wildman–Crippen LogP) is 1.69. The summed E-state index contributed by atoms with van der Waals surface area (Å²) in [5.41, 5.74) is 2.68. The number of carbonyl (C=O) groups excluding carboxylic acids is 2. The number of para-hydroxylation sites is 2. The van der Waals surface area contributed by atoms with E-state index < -0.39 is 16.7 Å². The number of rotatable bonds is 5. The summed E-state index contributed by atoms with van der Waals surface area (Å²) in [5, 5.41) is 16.7. The number of nitro groups is 1. The van der Waals surface area contributed by atoms with Gasteiger partial charge in [0.1, 0.15) is 5.75 Å². The number of nitrogens with zero attached hydrogens (tertiary/aromatic N) is 2. The smallest absolute Gasteiger partial charge is 0.329 e. The van der Waals surface area contributed by atoms with Gasteiger partial charge in [-0.15, -0.1) is 0 Å². The molecule has 128 valence electrons. The van der Waals surface area contributed by atoms with E-state index in [-0.39, 0.29) is 5.69 Å². The van der Waals surface area contributed by atoms with Crippen LogP contribution >= 0.6 is 0 Å². The molecule has 25 heavy (non-hydrogen) atoms. The van der Waals surface area contributed by atoms with Gasteiger partial charge in [0, 0.05) is 17.7 Å². The molecule has 0 bridgehead atoms.